The van der Waals surface area contributed by atoms with Crippen LogP contribution in [0.25, 0.3) is 22.5 Å². The molecule has 1 unspecified atom stereocenters. The number of thiazole rings is 1. The van der Waals surface area contributed by atoms with Crippen molar-refractivity contribution in [3.8, 4) is 22.5 Å². The number of halogens is 1. The predicted molar refractivity (Wildman–Crippen MR) is 144 cm³/mol. The number of carbonyl (C=O) groups excluding carboxylic acids is 1. The molecule has 0 saturated carbocycles. The molecule has 1 saturated heterocycles. The van der Waals surface area contributed by atoms with E-state index in [0.717, 1.165) is 65.7 Å². The number of anilines is 1. The molecule has 36 heavy (non-hydrogen) atoms. The fraction of sp³-hybridized carbons (Fsp3) is 0.345. The zero-order valence-electron chi connectivity index (χ0n) is 20.8. The van der Waals surface area contributed by atoms with E-state index in [1.165, 1.54) is 6.07 Å². The predicted octanol–water partition coefficient (Wildman–Crippen LogP) is 6.70. The van der Waals surface area contributed by atoms with E-state index < -0.39 is 0 Å². The van der Waals surface area contributed by atoms with Crippen molar-refractivity contribution in [1.82, 2.24) is 14.8 Å². The summed E-state index contributed by atoms with van der Waals surface area (Å²) in [6.07, 6.45) is 3.68. The number of nitrogens with zero attached hydrogens (tertiary/aromatic N) is 4. The molecule has 186 valence electrons. The minimum atomic E-state index is -0.233. The second-order valence-electron chi connectivity index (χ2n) is 9.70. The second kappa shape index (κ2) is 10.7. The van der Waals surface area contributed by atoms with Crippen molar-refractivity contribution in [3.63, 3.8) is 0 Å². The molecule has 0 amide bonds. The molecule has 2 aromatic carbocycles. The molecule has 7 heteroatoms. The highest BCUT2D eigenvalue weighted by Gasteiger charge is 2.22. The summed E-state index contributed by atoms with van der Waals surface area (Å²) < 4.78 is 15.6. The lowest BCUT2D eigenvalue weighted by atomic mass is 9.94. The highest BCUT2D eigenvalue weighted by Crippen LogP contribution is 2.29. The van der Waals surface area contributed by atoms with Gasteiger partial charge in [-0.2, -0.15) is 5.10 Å². The first-order chi connectivity index (χ1) is 17.5. The Morgan fingerprint density at radius 2 is 1.89 bits per heavy atom. The van der Waals surface area contributed by atoms with Crippen molar-refractivity contribution < 1.29 is 9.18 Å². The topological polar surface area (TPSA) is 51.0 Å². The molecule has 2 aromatic heterocycles. The second-order valence-corrected chi connectivity index (χ2v) is 10.5. The molecule has 1 atom stereocenters. The number of benzene rings is 2. The van der Waals surface area contributed by atoms with Gasteiger partial charge in [-0.1, -0.05) is 30.3 Å². The van der Waals surface area contributed by atoms with E-state index >= 15 is 0 Å². The number of aryl methyl sites for hydroxylation is 2. The van der Waals surface area contributed by atoms with E-state index in [2.05, 4.69) is 15.3 Å². The first-order valence-corrected chi connectivity index (χ1v) is 13.4. The molecular formula is C29H31FN4OS. The Balaban J connectivity index is 1.31. The molecule has 1 fully saturated rings. The third kappa shape index (κ3) is 5.57. The van der Waals surface area contributed by atoms with Crippen LogP contribution < -0.4 is 4.90 Å². The van der Waals surface area contributed by atoms with Crippen LogP contribution in [0.4, 0.5) is 9.52 Å². The summed E-state index contributed by atoms with van der Waals surface area (Å²) in [5, 5.41) is 7.98. The maximum absolute atomic E-state index is 13.8. The van der Waals surface area contributed by atoms with Crippen LogP contribution in [-0.4, -0.2) is 33.6 Å². The van der Waals surface area contributed by atoms with Crippen LogP contribution in [0, 0.1) is 25.6 Å². The summed E-state index contributed by atoms with van der Waals surface area (Å²) in [5.74, 6) is 0.336. The molecular weight excluding hydrogens is 471 g/mol. The van der Waals surface area contributed by atoms with E-state index in [1.807, 2.05) is 48.0 Å². The summed E-state index contributed by atoms with van der Waals surface area (Å²) >= 11 is 1.70. The van der Waals surface area contributed by atoms with E-state index in [1.54, 1.807) is 30.4 Å². The summed E-state index contributed by atoms with van der Waals surface area (Å²) in [5.41, 5.74) is 5.13. The molecule has 5 nitrogen and oxygen atoms in total. The lowest BCUT2D eigenvalue weighted by Crippen LogP contribution is -2.24. The van der Waals surface area contributed by atoms with Gasteiger partial charge in [-0.15, -0.1) is 11.3 Å². The van der Waals surface area contributed by atoms with E-state index in [0.29, 0.717) is 17.9 Å². The van der Waals surface area contributed by atoms with Gasteiger partial charge < -0.3 is 4.90 Å². The molecule has 1 aliphatic rings. The largest absolute Gasteiger partial charge is 0.348 e. The highest BCUT2D eigenvalue weighted by atomic mass is 32.1. The average molecular weight is 503 g/mol. The molecule has 0 aliphatic carbocycles. The van der Waals surface area contributed by atoms with Gasteiger partial charge >= 0.3 is 0 Å². The van der Waals surface area contributed by atoms with Crippen LogP contribution in [0.1, 0.15) is 36.9 Å². The van der Waals surface area contributed by atoms with Gasteiger partial charge in [0.05, 0.1) is 17.1 Å². The van der Waals surface area contributed by atoms with Gasteiger partial charge in [0, 0.05) is 30.5 Å². The van der Waals surface area contributed by atoms with Gasteiger partial charge in [0.2, 0.25) is 0 Å². The SMILES string of the molecule is Cc1csc(N2CCCC(CC(=O)Cn3nc(-c4ccc(F)c(C)c4)cc3-c3ccccc3)CC2)n1. The molecule has 0 radical (unpaired) electrons. The first kappa shape index (κ1) is 24.4. The van der Waals surface area contributed by atoms with Gasteiger partial charge in [0.1, 0.15) is 12.4 Å². The van der Waals surface area contributed by atoms with E-state index in [9.17, 15) is 9.18 Å². The number of aromatic nitrogens is 3. The Bertz CT molecular complexity index is 1350. The third-order valence-corrected chi connectivity index (χ3v) is 7.89. The Morgan fingerprint density at radius 3 is 2.64 bits per heavy atom. The minimum absolute atomic E-state index is 0.195. The maximum Gasteiger partial charge on any atom is 0.185 e. The molecule has 4 aromatic rings. The Kier molecular flexibility index (Phi) is 7.28. The summed E-state index contributed by atoms with van der Waals surface area (Å²) in [6.45, 7) is 5.95. The van der Waals surface area contributed by atoms with Gasteiger partial charge in [-0.3, -0.25) is 9.48 Å². The van der Waals surface area contributed by atoms with E-state index in [4.69, 9.17) is 5.10 Å². The van der Waals surface area contributed by atoms with Gasteiger partial charge in [-0.25, -0.2) is 9.37 Å². The quantitative estimate of drug-likeness (QED) is 0.282. The number of carbonyl (C=O) groups is 1. The number of rotatable bonds is 7. The van der Waals surface area contributed by atoms with Crippen LogP contribution in [0.3, 0.4) is 0 Å². The van der Waals surface area contributed by atoms with Crippen LogP contribution in [0.15, 0.2) is 60.0 Å². The van der Waals surface area contributed by atoms with E-state index in [-0.39, 0.29) is 18.1 Å². The number of hydrogen-bond acceptors (Lipinski definition) is 5. The summed E-state index contributed by atoms with van der Waals surface area (Å²) in [4.78, 5) is 20.2. The molecule has 3 heterocycles. The van der Waals surface area contributed by atoms with Crippen molar-refractivity contribution in [2.24, 2.45) is 5.92 Å². The smallest absolute Gasteiger partial charge is 0.185 e. The summed E-state index contributed by atoms with van der Waals surface area (Å²) in [7, 11) is 0. The van der Waals surface area contributed by atoms with Crippen LogP contribution in [0.2, 0.25) is 0 Å². The van der Waals surface area contributed by atoms with Gasteiger partial charge in [0.15, 0.2) is 10.9 Å². The van der Waals surface area contributed by atoms with Gasteiger partial charge in [0.25, 0.3) is 0 Å². The molecule has 0 N–H and O–H groups in total. The van der Waals surface area contributed by atoms with Crippen LogP contribution in [-0.2, 0) is 11.3 Å². The van der Waals surface area contributed by atoms with Crippen LogP contribution in [0.5, 0.6) is 0 Å². The highest BCUT2D eigenvalue weighted by molar-refractivity contribution is 7.13. The number of hydrogen-bond donors (Lipinski definition) is 0. The number of ketones is 1. The first-order valence-electron chi connectivity index (χ1n) is 12.5. The fourth-order valence-electron chi connectivity index (χ4n) is 4.92. The fourth-order valence-corrected chi connectivity index (χ4v) is 5.78. The van der Waals surface area contributed by atoms with Crippen molar-refractivity contribution in [2.75, 3.05) is 18.0 Å². The standard InChI is InChI=1S/C29H31FN4OS/c1-20-15-24(10-11-26(20)30)27-17-28(23-8-4-3-5-9-23)34(32-27)18-25(35)16-22-7-6-13-33(14-12-22)29-31-21(2)19-36-29/h3-5,8-11,15,17,19,22H,6-7,12-14,16,18H2,1-2H3. The molecule has 1 aliphatic heterocycles. The maximum atomic E-state index is 13.8. The molecule has 5 rings (SSSR count). The Morgan fingerprint density at radius 1 is 1.06 bits per heavy atom. The normalized spacial score (nSPS) is 16.2. The Labute approximate surface area is 215 Å². The molecule has 0 bridgehead atoms. The zero-order chi connectivity index (χ0) is 25.1. The van der Waals surface area contributed by atoms with Crippen LogP contribution >= 0.6 is 11.3 Å². The third-order valence-electron chi connectivity index (χ3n) is 6.87. The van der Waals surface area contributed by atoms with Crippen molar-refractivity contribution in [2.45, 2.75) is 46.1 Å². The van der Waals surface area contributed by atoms with Crippen molar-refractivity contribution in [1.29, 1.82) is 0 Å². The Hall–Kier alpha value is -3.32. The summed E-state index contributed by atoms with van der Waals surface area (Å²) in [6, 6.07) is 17.0. The number of Topliss-reactive ketones (excluding diaryl/α,β-unsaturated/α-hetero) is 1. The zero-order valence-corrected chi connectivity index (χ0v) is 21.6. The molecule has 0 spiro atoms. The van der Waals surface area contributed by atoms with Gasteiger partial charge in [-0.05, 0) is 74.4 Å². The van der Waals surface area contributed by atoms with Crippen molar-refractivity contribution >= 4 is 22.3 Å². The minimum Gasteiger partial charge on any atom is -0.348 e. The average Bonchev–Trinajstić information content (AvgIpc) is 3.42. The lowest BCUT2D eigenvalue weighted by molar-refractivity contribution is -0.120. The lowest BCUT2D eigenvalue weighted by Gasteiger charge is -2.19. The van der Waals surface area contributed by atoms with Crippen molar-refractivity contribution in [3.05, 3.63) is 77.1 Å². The monoisotopic (exact) mass is 502 g/mol.